The minimum atomic E-state index is -0.404. The number of rotatable bonds is 6. The summed E-state index contributed by atoms with van der Waals surface area (Å²) in [4.78, 5) is 28.0. The van der Waals surface area contributed by atoms with Gasteiger partial charge in [-0.05, 0) is 51.0 Å². The number of anilines is 2. The van der Waals surface area contributed by atoms with Crippen LogP contribution in [0.15, 0.2) is 48.5 Å². The molecule has 0 N–H and O–H groups in total. The van der Waals surface area contributed by atoms with Crippen molar-refractivity contribution < 1.29 is 19.1 Å². The third kappa shape index (κ3) is 5.08. The van der Waals surface area contributed by atoms with Gasteiger partial charge in [0.25, 0.3) is 0 Å². The van der Waals surface area contributed by atoms with E-state index >= 15 is 0 Å². The molecule has 156 valence electrons. The molecule has 0 aliphatic rings. The summed E-state index contributed by atoms with van der Waals surface area (Å²) >= 11 is 0. The number of carbonyl (C=O) groups is 2. The standard InChI is InChI=1S/C23H30N2O4/c1-16(2)24(22(26)28-5)20-13-9-7-11-18(20)15-19-12-8-10-14-21(19)25(17(3)4)23(27)29-6/h7-14,16-17H,15H2,1-6H3. The highest BCUT2D eigenvalue weighted by atomic mass is 16.5. The minimum Gasteiger partial charge on any atom is -0.452 e. The van der Waals surface area contributed by atoms with Gasteiger partial charge in [-0.25, -0.2) is 9.59 Å². The number of hydrogen-bond donors (Lipinski definition) is 0. The lowest BCUT2D eigenvalue weighted by molar-refractivity contribution is 0.176. The maximum Gasteiger partial charge on any atom is 0.414 e. The van der Waals surface area contributed by atoms with E-state index in [0.29, 0.717) is 6.42 Å². The smallest absolute Gasteiger partial charge is 0.414 e. The fourth-order valence-corrected chi connectivity index (χ4v) is 3.37. The molecule has 0 aliphatic carbocycles. The van der Waals surface area contributed by atoms with E-state index in [1.807, 2.05) is 76.2 Å². The highest BCUT2D eigenvalue weighted by Gasteiger charge is 2.25. The molecule has 2 amide bonds. The van der Waals surface area contributed by atoms with Gasteiger partial charge in [0.05, 0.1) is 25.6 Å². The van der Waals surface area contributed by atoms with E-state index in [0.717, 1.165) is 22.5 Å². The van der Waals surface area contributed by atoms with Gasteiger partial charge in [-0.2, -0.15) is 0 Å². The Balaban J connectivity index is 2.52. The van der Waals surface area contributed by atoms with E-state index in [4.69, 9.17) is 9.47 Å². The van der Waals surface area contributed by atoms with E-state index < -0.39 is 12.2 Å². The second kappa shape index (κ2) is 9.96. The lowest BCUT2D eigenvalue weighted by Crippen LogP contribution is -2.38. The fourth-order valence-electron chi connectivity index (χ4n) is 3.37. The number of benzene rings is 2. The summed E-state index contributed by atoms with van der Waals surface area (Å²) in [7, 11) is 2.76. The Bertz CT molecular complexity index is 779. The lowest BCUT2D eigenvalue weighted by Gasteiger charge is -2.29. The first-order valence-corrected chi connectivity index (χ1v) is 9.72. The molecule has 2 rings (SSSR count). The van der Waals surface area contributed by atoms with Crippen molar-refractivity contribution in [3.8, 4) is 0 Å². The first-order valence-electron chi connectivity index (χ1n) is 9.72. The van der Waals surface area contributed by atoms with Crippen LogP contribution in [0.2, 0.25) is 0 Å². The Morgan fingerprint density at radius 2 is 1.07 bits per heavy atom. The SMILES string of the molecule is COC(=O)N(c1ccccc1Cc1ccccc1N(C(=O)OC)C(C)C)C(C)C. The highest BCUT2D eigenvalue weighted by Crippen LogP contribution is 2.30. The van der Waals surface area contributed by atoms with Crippen molar-refractivity contribution >= 4 is 23.6 Å². The Morgan fingerprint density at radius 1 is 0.724 bits per heavy atom. The number of methoxy groups -OCH3 is 2. The molecule has 2 aromatic rings. The second-order valence-corrected chi connectivity index (χ2v) is 7.30. The van der Waals surface area contributed by atoms with Gasteiger partial charge in [-0.1, -0.05) is 36.4 Å². The monoisotopic (exact) mass is 398 g/mol. The molecule has 0 bridgehead atoms. The average Bonchev–Trinajstić information content (AvgIpc) is 2.70. The second-order valence-electron chi connectivity index (χ2n) is 7.30. The van der Waals surface area contributed by atoms with Crippen molar-refractivity contribution in [3.63, 3.8) is 0 Å². The van der Waals surface area contributed by atoms with Crippen molar-refractivity contribution in [1.29, 1.82) is 0 Å². The number of ether oxygens (including phenoxy) is 2. The van der Waals surface area contributed by atoms with Crippen LogP contribution in [-0.2, 0) is 15.9 Å². The summed E-state index contributed by atoms with van der Waals surface area (Å²) in [5, 5.41) is 0. The summed E-state index contributed by atoms with van der Waals surface area (Å²) < 4.78 is 9.98. The van der Waals surface area contributed by atoms with E-state index in [1.54, 1.807) is 9.80 Å². The topological polar surface area (TPSA) is 59.1 Å². The zero-order chi connectivity index (χ0) is 21.6. The molecule has 0 heterocycles. The summed E-state index contributed by atoms with van der Waals surface area (Å²) in [5.74, 6) is 0. The molecule has 2 aromatic carbocycles. The molecule has 0 saturated carbocycles. The summed E-state index contributed by atoms with van der Waals surface area (Å²) in [5.41, 5.74) is 3.51. The molecule has 6 heteroatoms. The minimum absolute atomic E-state index is 0.0684. The number of amides is 2. The van der Waals surface area contributed by atoms with Crippen LogP contribution in [0, 0.1) is 0 Å². The van der Waals surface area contributed by atoms with E-state index in [9.17, 15) is 9.59 Å². The maximum atomic E-state index is 12.4. The highest BCUT2D eigenvalue weighted by molar-refractivity contribution is 5.90. The molecule has 0 atom stereocenters. The summed E-state index contributed by atoms with van der Waals surface area (Å²) in [6.45, 7) is 7.78. The normalized spacial score (nSPS) is 10.8. The zero-order valence-corrected chi connectivity index (χ0v) is 18.0. The van der Waals surface area contributed by atoms with Gasteiger partial charge < -0.3 is 9.47 Å². The van der Waals surface area contributed by atoms with Gasteiger partial charge in [-0.3, -0.25) is 9.80 Å². The Kier molecular flexibility index (Phi) is 7.65. The largest absolute Gasteiger partial charge is 0.452 e. The third-order valence-electron chi connectivity index (χ3n) is 4.66. The van der Waals surface area contributed by atoms with E-state index in [2.05, 4.69) is 0 Å². The van der Waals surface area contributed by atoms with Crippen LogP contribution in [0.25, 0.3) is 0 Å². The predicted octanol–water partition coefficient (Wildman–Crippen LogP) is 5.24. The third-order valence-corrected chi connectivity index (χ3v) is 4.66. The Labute approximate surface area is 173 Å². The van der Waals surface area contributed by atoms with E-state index in [-0.39, 0.29) is 12.1 Å². The number of hydrogen-bond acceptors (Lipinski definition) is 4. The van der Waals surface area contributed by atoms with Crippen LogP contribution in [0.4, 0.5) is 21.0 Å². The van der Waals surface area contributed by atoms with Crippen LogP contribution in [-0.4, -0.2) is 38.5 Å². The van der Waals surface area contributed by atoms with Crippen LogP contribution in [0.3, 0.4) is 0 Å². The number of nitrogens with zero attached hydrogens (tertiary/aromatic N) is 2. The van der Waals surface area contributed by atoms with Crippen molar-refractivity contribution in [2.24, 2.45) is 0 Å². The molecule has 0 radical (unpaired) electrons. The molecule has 0 saturated heterocycles. The zero-order valence-electron chi connectivity index (χ0n) is 18.0. The Morgan fingerprint density at radius 3 is 1.38 bits per heavy atom. The van der Waals surface area contributed by atoms with Crippen molar-refractivity contribution in [2.75, 3.05) is 24.0 Å². The molecule has 0 aliphatic heterocycles. The number of para-hydroxylation sites is 2. The van der Waals surface area contributed by atoms with E-state index in [1.165, 1.54) is 14.2 Å². The van der Waals surface area contributed by atoms with Crippen molar-refractivity contribution in [1.82, 2.24) is 0 Å². The van der Waals surface area contributed by atoms with Crippen molar-refractivity contribution in [3.05, 3.63) is 59.7 Å². The molecule has 0 aromatic heterocycles. The summed E-state index contributed by atoms with van der Waals surface area (Å²) in [6.07, 6.45) is -0.259. The van der Waals surface area contributed by atoms with Gasteiger partial charge >= 0.3 is 12.2 Å². The van der Waals surface area contributed by atoms with Gasteiger partial charge in [0, 0.05) is 18.5 Å². The average molecular weight is 399 g/mol. The fraction of sp³-hybridized carbons (Fsp3) is 0.391. The number of carbonyl (C=O) groups excluding carboxylic acids is 2. The molecular formula is C23H30N2O4. The van der Waals surface area contributed by atoms with Crippen LogP contribution >= 0.6 is 0 Å². The first-order chi connectivity index (χ1) is 13.8. The predicted molar refractivity (Wildman–Crippen MR) is 116 cm³/mol. The van der Waals surface area contributed by atoms with Gasteiger partial charge in [-0.15, -0.1) is 0 Å². The quantitative estimate of drug-likeness (QED) is 0.668. The van der Waals surface area contributed by atoms with Crippen molar-refractivity contribution in [2.45, 2.75) is 46.2 Å². The van der Waals surface area contributed by atoms with Crippen LogP contribution in [0.5, 0.6) is 0 Å². The molecule has 29 heavy (non-hydrogen) atoms. The lowest BCUT2D eigenvalue weighted by atomic mass is 9.99. The summed E-state index contributed by atoms with van der Waals surface area (Å²) in [6, 6.07) is 15.3. The van der Waals surface area contributed by atoms with Gasteiger partial charge in [0.15, 0.2) is 0 Å². The molecule has 0 fully saturated rings. The van der Waals surface area contributed by atoms with Crippen LogP contribution in [0.1, 0.15) is 38.8 Å². The van der Waals surface area contributed by atoms with Gasteiger partial charge in [0.1, 0.15) is 0 Å². The molecule has 0 unspecified atom stereocenters. The molecule has 6 nitrogen and oxygen atoms in total. The van der Waals surface area contributed by atoms with Crippen LogP contribution < -0.4 is 9.80 Å². The molecule has 0 spiro atoms. The first kappa shape index (κ1) is 22.3. The van der Waals surface area contributed by atoms with Gasteiger partial charge in [0.2, 0.25) is 0 Å². The molecular weight excluding hydrogens is 368 g/mol. The maximum absolute atomic E-state index is 12.4. The Hall–Kier alpha value is -3.02.